The molecule has 15 heteroatoms. The quantitative estimate of drug-likeness (QED) is 0.123. The first kappa shape index (κ1) is 32.4. The van der Waals surface area contributed by atoms with Gasteiger partial charge in [0.2, 0.25) is 0 Å². The number of carbonyl (C=O) groups excluding carboxylic acids is 1. The first-order chi connectivity index (χ1) is 16.5. The van der Waals surface area contributed by atoms with Gasteiger partial charge in [-0.25, -0.2) is 24.5 Å². The number of hydrogen-bond acceptors (Lipinski definition) is 7. The van der Waals surface area contributed by atoms with E-state index in [-0.39, 0.29) is 33.2 Å². The van der Waals surface area contributed by atoms with Crippen molar-refractivity contribution in [2.45, 2.75) is 32.8 Å². The highest BCUT2D eigenvalue weighted by molar-refractivity contribution is 9.10. The Morgan fingerprint density at radius 1 is 1.06 bits per heavy atom. The topological polar surface area (TPSA) is 141 Å². The molecule has 0 spiro atoms. The molecule has 0 aliphatic rings. The summed E-state index contributed by atoms with van der Waals surface area (Å²) in [4.78, 5) is 32.5. The second kappa shape index (κ2) is 14.8. The van der Waals surface area contributed by atoms with Crippen LogP contribution in [0.2, 0.25) is 0 Å². The Morgan fingerprint density at radius 2 is 1.53 bits per heavy atom. The van der Waals surface area contributed by atoms with Gasteiger partial charge in [0.1, 0.15) is 11.4 Å². The Hall–Kier alpha value is -3.56. The molecule has 0 heterocycles. The number of rotatable bonds is 4. The van der Waals surface area contributed by atoms with E-state index in [2.05, 4.69) is 36.7 Å². The standard InChI is InChI=1S/C8H4BrFN2O2.C7H11NO2.C6H2BrF2NO2/c9-7-3-5(12(13)14)4-8(10)6(7)1-2-11;1-7(2,3)10-6(9)5-8-4;7-4-1-3(10(11)12)2-5(8)6(4)9/h3-4H,1H2;5H2,1-3H3;1-2H. The number of halogens is 5. The third-order valence-corrected chi connectivity index (χ3v) is 4.68. The maximum Gasteiger partial charge on any atom is 0.387 e. The first-order valence-electron chi connectivity index (χ1n) is 9.37. The van der Waals surface area contributed by atoms with Crippen molar-refractivity contribution in [3.63, 3.8) is 0 Å². The molecule has 0 amide bonds. The number of esters is 1. The van der Waals surface area contributed by atoms with E-state index in [0.717, 1.165) is 12.1 Å². The van der Waals surface area contributed by atoms with Crippen molar-refractivity contribution in [3.05, 3.63) is 87.9 Å². The molecule has 0 N–H and O–H groups in total. The van der Waals surface area contributed by atoms with E-state index in [9.17, 15) is 38.2 Å². The summed E-state index contributed by atoms with van der Waals surface area (Å²) in [5.74, 6) is -3.56. The van der Waals surface area contributed by atoms with Gasteiger partial charge in [0.05, 0.1) is 38.9 Å². The number of nitrogens with zero attached hydrogens (tertiary/aromatic N) is 4. The van der Waals surface area contributed by atoms with Crippen molar-refractivity contribution in [2.75, 3.05) is 6.54 Å². The molecular formula is C21H17Br2F3N4O6. The maximum absolute atomic E-state index is 13.2. The van der Waals surface area contributed by atoms with Crippen LogP contribution in [-0.2, 0) is 16.0 Å². The molecule has 192 valence electrons. The molecule has 0 unspecified atom stereocenters. The van der Waals surface area contributed by atoms with E-state index in [1.165, 1.54) is 6.07 Å². The molecular weight excluding hydrogens is 621 g/mol. The molecule has 0 radical (unpaired) electrons. The van der Waals surface area contributed by atoms with Crippen LogP contribution in [0.3, 0.4) is 0 Å². The molecule has 0 atom stereocenters. The average molecular weight is 638 g/mol. The smallest absolute Gasteiger partial charge is 0.387 e. The van der Waals surface area contributed by atoms with Crippen LogP contribution in [0.5, 0.6) is 0 Å². The molecule has 0 bridgehead atoms. The Balaban J connectivity index is 0.000000519. The zero-order chi connectivity index (χ0) is 28.2. The Morgan fingerprint density at radius 3 is 1.89 bits per heavy atom. The lowest BCUT2D eigenvalue weighted by molar-refractivity contribution is -0.385. The third kappa shape index (κ3) is 11.7. The molecule has 10 nitrogen and oxygen atoms in total. The number of benzene rings is 2. The van der Waals surface area contributed by atoms with Gasteiger partial charge < -0.3 is 9.58 Å². The minimum atomic E-state index is -1.24. The molecule has 0 fully saturated rings. The zero-order valence-electron chi connectivity index (χ0n) is 18.9. The Bertz CT molecular complexity index is 1180. The van der Waals surface area contributed by atoms with Crippen LogP contribution in [0.4, 0.5) is 24.5 Å². The molecule has 0 aromatic heterocycles. The predicted molar refractivity (Wildman–Crippen MR) is 128 cm³/mol. The summed E-state index contributed by atoms with van der Waals surface area (Å²) in [7, 11) is 0. The highest BCUT2D eigenvalue weighted by atomic mass is 79.9. The molecule has 0 saturated heterocycles. The zero-order valence-corrected chi connectivity index (χ0v) is 22.0. The summed E-state index contributed by atoms with van der Waals surface area (Å²) >= 11 is 5.62. The number of non-ortho nitro benzene ring substituents is 2. The van der Waals surface area contributed by atoms with E-state index in [1.807, 2.05) is 0 Å². The SMILES string of the molecule is N#CCc1c(F)cc([N+](=O)[O-])cc1Br.O=[N+]([O-])c1cc(F)c(F)c(Br)c1.[C-]#[N+]CC(=O)OC(C)(C)C. The largest absolute Gasteiger partial charge is 0.454 e. The van der Waals surface area contributed by atoms with Crippen LogP contribution in [-0.4, -0.2) is 28.0 Å². The lowest BCUT2D eigenvalue weighted by atomic mass is 10.1. The van der Waals surface area contributed by atoms with Crippen LogP contribution < -0.4 is 0 Å². The number of ether oxygens (including phenoxy) is 1. The van der Waals surface area contributed by atoms with Crippen LogP contribution in [0.15, 0.2) is 33.2 Å². The van der Waals surface area contributed by atoms with Crippen molar-refractivity contribution in [3.8, 4) is 6.07 Å². The summed E-state index contributed by atoms with van der Waals surface area (Å²) in [5.41, 5.74) is -1.16. The van der Waals surface area contributed by atoms with Gasteiger partial charge in [-0.2, -0.15) is 5.26 Å². The van der Waals surface area contributed by atoms with E-state index in [1.54, 1.807) is 26.8 Å². The van der Waals surface area contributed by atoms with Crippen molar-refractivity contribution >= 4 is 49.2 Å². The number of nitro groups is 2. The highest BCUT2D eigenvalue weighted by Gasteiger charge is 2.17. The van der Waals surface area contributed by atoms with Crippen LogP contribution in [0.1, 0.15) is 26.3 Å². The summed E-state index contributed by atoms with van der Waals surface area (Å²) in [6, 6.07) is 5.18. The van der Waals surface area contributed by atoms with Gasteiger partial charge in [-0.1, -0.05) is 15.9 Å². The number of nitro benzene ring substituents is 2. The minimum absolute atomic E-state index is 0.121. The molecule has 2 aromatic carbocycles. The second-order valence-corrected chi connectivity index (χ2v) is 9.07. The van der Waals surface area contributed by atoms with Gasteiger partial charge >= 0.3 is 12.5 Å². The lowest BCUT2D eigenvalue weighted by Gasteiger charge is -2.17. The van der Waals surface area contributed by atoms with Crippen molar-refractivity contribution in [1.29, 1.82) is 5.26 Å². The normalized spacial score (nSPS) is 9.83. The fourth-order valence-electron chi connectivity index (χ4n) is 2.03. The van der Waals surface area contributed by atoms with Crippen LogP contribution in [0.25, 0.3) is 4.85 Å². The Labute approximate surface area is 220 Å². The van der Waals surface area contributed by atoms with Gasteiger partial charge in [0, 0.05) is 22.2 Å². The fourth-order valence-corrected chi connectivity index (χ4v) is 3.02. The van der Waals surface area contributed by atoms with E-state index in [4.69, 9.17) is 16.6 Å². The number of carbonyl (C=O) groups is 1. The molecule has 2 aromatic rings. The van der Waals surface area contributed by atoms with Gasteiger partial charge in [-0.05, 0) is 36.7 Å². The van der Waals surface area contributed by atoms with Crippen molar-refractivity contribution < 1.29 is 32.5 Å². The molecule has 0 aliphatic heterocycles. The summed E-state index contributed by atoms with van der Waals surface area (Å²) in [6.07, 6.45) is -0.121. The number of hydrogen-bond donors (Lipinski definition) is 0. The maximum atomic E-state index is 13.2. The molecule has 0 saturated carbocycles. The fraction of sp³-hybridized carbons (Fsp3) is 0.286. The summed E-state index contributed by atoms with van der Waals surface area (Å²) in [6.45, 7) is 11.5. The van der Waals surface area contributed by atoms with Gasteiger partial charge in [-0.3, -0.25) is 20.2 Å². The second-order valence-electron chi connectivity index (χ2n) is 7.36. The molecule has 36 heavy (non-hydrogen) atoms. The highest BCUT2D eigenvalue weighted by Crippen LogP contribution is 2.26. The predicted octanol–water partition coefficient (Wildman–Crippen LogP) is 6.45. The summed E-state index contributed by atoms with van der Waals surface area (Å²) in [5, 5.41) is 28.8. The number of nitriles is 1. The van der Waals surface area contributed by atoms with Gasteiger partial charge in [0.25, 0.3) is 11.4 Å². The van der Waals surface area contributed by atoms with Crippen molar-refractivity contribution in [1.82, 2.24) is 0 Å². The minimum Gasteiger partial charge on any atom is -0.454 e. The van der Waals surface area contributed by atoms with Crippen LogP contribution >= 0.6 is 31.9 Å². The Kier molecular flexibility index (Phi) is 13.3. The molecule has 2 rings (SSSR count). The average Bonchev–Trinajstić information content (AvgIpc) is 2.73. The van der Waals surface area contributed by atoms with Crippen molar-refractivity contribution in [2.24, 2.45) is 0 Å². The first-order valence-corrected chi connectivity index (χ1v) is 11.0. The monoisotopic (exact) mass is 636 g/mol. The van der Waals surface area contributed by atoms with E-state index >= 15 is 0 Å². The van der Waals surface area contributed by atoms with Gasteiger partial charge in [0.15, 0.2) is 11.6 Å². The summed E-state index contributed by atoms with van der Waals surface area (Å²) < 4.78 is 43.0. The van der Waals surface area contributed by atoms with Crippen LogP contribution in [0, 0.1) is 55.6 Å². The lowest BCUT2D eigenvalue weighted by Crippen LogP contribution is -2.24. The molecule has 0 aliphatic carbocycles. The van der Waals surface area contributed by atoms with E-state index in [0.29, 0.717) is 6.07 Å². The van der Waals surface area contributed by atoms with E-state index < -0.39 is 44.6 Å². The third-order valence-electron chi connectivity index (χ3n) is 3.40. The van der Waals surface area contributed by atoms with Gasteiger partial charge in [-0.15, -0.1) is 0 Å².